The summed E-state index contributed by atoms with van der Waals surface area (Å²) in [6.45, 7) is 7.03. The van der Waals surface area contributed by atoms with Gasteiger partial charge in [-0.1, -0.05) is 12.1 Å². The van der Waals surface area contributed by atoms with Gasteiger partial charge >= 0.3 is 22.1 Å². The summed E-state index contributed by atoms with van der Waals surface area (Å²) in [6.07, 6.45) is 0.809. The Bertz CT molecular complexity index is 751. The van der Waals surface area contributed by atoms with E-state index in [1.807, 2.05) is 0 Å². The number of rotatable bonds is 8. The lowest BCUT2D eigenvalue weighted by atomic mass is 9.88. The van der Waals surface area contributed by atoms with Crippen LogP contribution in [0.3, 0.4) is 0 Å². The van der Waals surface area contributed by atoms with E-state index in [4.69, 9.17) is 19.4 Å². The van der Waals surface area contributed by atoms with Gasteiger partial charge in [0.05, 0.1) is 19.3 Å². The molecule has 1 aromatic carbocycles. The Kier molecular flexibility index (Phi) is 7.79. The molecule has 0 saturated carbocycles. The van der Waals surface area contributed by atoms with E-state index in [-0.39, 0.29) is 18.8 Å². The van der Waals surface area contributed by atoms with E-state index in [0.29, 0.717) is 5.56 Å². The van der Waals surface area contributed by atoms with Gasteiger partial charge < -0.3 is 19.4 Å². The predicted molar refractivity (Wildman–Crippen MR) is 99.7 cm³/mol. The van der Waals surface area contributed by atoms with Gasteiger partial charge in [0.1, 0.15) is 17.4 Å². The van der Waals surface area contributed by atoms with E-state index < -0.39 is 39.6 Å². The fraction of sp³-hybridized carbons (Fsp3) is 0.556. The summed E-state index contributed by atoms with van der Waals surface area (Å²) in [7, 11) is -3.66. The quantitative estimate of drug-likeness (QED) is 0.516. The first-order valence-electron chi connectivity index (χ1n) is 8.46. The molecule has 0 aliphatic rings. The Labute approximate surface area is 160 Å². The fourth-order valence-corrected chi connectivity index (χ4v) is 2.79. The van der Waals surface area contributed by atoms with Crippen molar-refractivity contribution in [3.8, 4) is 5.75 Å². The standard InChI is InChI=1S/C18H27NO7S/c1-6-24-15(20)11-14(16(19)17(21)25-18(2,3)4)12-7-9-13(10-8-12)26-27(5,22)23/h7-10,14,16H,6,11,19H2,1-5H3. The Balaban J connectivity index is 3.10. The van der Waals surface area contributed by atoms with Crippen LogP contribution in [0.15, 0.2) is 24.3 Å². The normalized spacial score (nSPS) is 14.1. The molecule has 0 saturated heterocycles. The van der Waals surface area contributed by atoms with Crippen LogP contribution < -0.4 is 9.92 Å². The summed E-state index contributed by atoms with van der Waals surface area (Å²) in [5.41, 5.74) is 5.91. The van der Waals surface area contributed by atoms with Gasteiger partial charge in [0.2, 0.25) is 0 Å². The second-order valence-electron chi connectivity index (χ2n) is 7.03. The molecule has 0 aliphatic carbocycles. The van der Waals surface area contributed by atoms with Crippen molar-refractivity contribution >= 4 is 22.1 Å². The molecule has 1 rings (SSSR count). The molecule has 2 atom stereocenters. The molecule has 0 aliphatic heterocycles. The van der Waals surface area contributed by atoms with E-state index in [1.54, 1.807) is 39.8 Å². The van der Waals surface area contributed by atoms with E-state index >= 15 is 0 Å². The monoisotopic (exact) mass is 401 g/mol. The van der Waals surface area contributed by atoms with Crippen LogP contribution in [-0.4, -0.2) is 44.9 Å². The van der Waals surface area contributed by atoms with Crippen molar-refractivity contribution < 1.29 is 31.7 Å². The lowest BCUT2D eigenvalue weighted by Crippen LogP contribution is -2.42. The second-order valence-corrected chi connectivity index (χ2v) is 8.61. The molecule has 0 radical (unpaired) electrons. The van der Waals surface area contributed by atoms with Crippen molar-refractivity contribution in [3.63, 3.8) is 0 Å². The number of hydrogen-bond donors (Lipinski definition) is 1. The molecule has 0 fully saturated rings. The summed E-state index contributed by atoms with van der Waals surface area (Å²) in [6, 6.07) is 4.85. The molecule has 2 unspecified atom stereocenters. The number of benzene rings is 1. The summed E-state index contributed by atoms with van der Waals surface area (Å²) in [5.74, 6) is -1.74. The highest BCUT2D eigenvalue weighted by Crippen LogP contribution is 2.27. The van der Waals surface area contributed by atoms with Gasteiger partial charge in [0.25, 0.3) is 0 Å². The van der Waals surface area contributed by atoms with Crippen LogP contribution in [0.5, 0.6) is 5.75 Å². The van der Waals surface area contributed by atoms with Gasteiger partial charge in [-0.15, -0.1) is 0 Å². The third-order valence-corrected chi connectivity index (χ3v) is 3.86. The number of hydrogen-bond acceptors (Lipinski definition) is 8. The average Bonchev–Trinajstić information content (AvgIpc) is 2.50. The second kappa shape index (κ2) is 9.18. The van der Waals surface area contributed by atoms with Gasteiger partial charge in [0, 0.05) is 5.92 Å². The Morgan fingerprint density at radius 1 is 1.15 bits per heavy atom. The smallest absolute Gasteiger partial charge is 0.324 e. The SMILES string of the molecule is CCOC(=O)CC(c1ccc(OS(C)(=O)=O)cc1)C(N)C(=O)OC(C)(C)C. The maximum atomic E-state index is 12.4. The van der Waals surface area contributed by atoms with Crippen LogP contribution in [0, 0.1) is 0 Å². The van der Waals surface area contributed by atoms with Gasteiger partial charge in [-0.25, -0.2) is 0 Å². The highest BCUT2D eigenvalue weighted by molar-refractivity contribution is 7.86. The number of carbonyl (C=O) groups is 2. The first-order valence-corrected chi connectivity index (χ1v) is 10.3. The summed E-state index contributed by atoms with van der Waals surface area (Å²) < 4.78 is 37.5. The van der Waals surface area contributed by atoms with Crippen LogP contribution in [0.1, 0.15) is 45.6 Å². The summed E-state index contributed by atoms with van der Waals surface area (Å²) >= 11 is 0. The third-order valence-electron chi connectivity index (χ3n) is 3.36. The molecule has 0 spiro atoms. The molecule has 1 aromatic rings. The Hall–Kier alpha value is -2.13. The maximum absolute atomic E-state index is 12.4. The minimum atomic E-state index is -3.66. The van der Waals surface area contributed by atoms with Gasteiger partial charge in [-0.3, -0.25) is 9.59 Å². The van der Waals surface area contributed by atoms with Crippen LogP contribution in [-0.2, 0) is 29.2 Å². The predicted octanol–water partition coefficient (Wildman–Crippen LogP) is 1.73. The van der Waals surface area contributed by atoms with E-state index in [1.165, 1.54) is 12.1 Å². The molecule has 152 valence electrons. The van der Waals surface area contributed by atoms with Crippen LogP contribution >= 0.6 is 0 Å². The fourth-order valence-electron chi connectivity index (χ4n) is 2.33. The minimum absolute atomic E-state index is 0.113. The van der Waals surface area contributed by atoms with Crippen LogP contribution in [0.2, 0.25) is 0 Å². The topological polar surface area (TPSA) is 122 Å². The first kappa shape index (κ1) is 22.9. The van der Waals surface area contributed by atoms with E-state index in [9.17, 15) is 18.0 Å². The molecule has 9 heteroatoms. The number of nitrogens with two attached hydrogens (primary N) is 1. The number of carbonyl (C=O) groups excluding carboxylic acids is 2. The first-order chi connectivity index (χ1) is 12.3. The van der Waals surface area contributed by atoms with Crippen molar-refractivity contribution in [2.24, 2.45) is 5.73 Å². The van der Waals surface area contributed by atoms with Crippen molar-refractivity contribution in [3.05, 3.63) is 29.8 Å². The molecule has 0 heterocycles. The summed E-state index contributed by atoms with van der Waals surface area (Å²) in [4.78, 5) is 24.3. The zero-order valence-electron chi connectivity index (χ0n) is 16.2. The highest BCUT2D eigenvalue weighted by atomic mass is 32.2. The summed E-state index contributed by atoms with van der Waals surface area (Å²) in [5, 5.41) is 0. The maximum Gasteiger partial charge on any atom is 0.324 e. The minimum Gasteiger partial charge on any atom is -0.466 e. The molecule has 2 N–H and O–H groups in total. The molecule has 0 amide bonds. The zero-order valence-corrected chi connectivity index (χ0v) is 17.0. The number of ether oxygens (including phenoxy) is 2. The van der Waals surface area contributed by atoms with Crippen molar-refractivity contribution in [1.29, 1.82) is 0 Å². The van der Waals surface area contributed by atoms with Gasteiger partial charge in [-0.2, -0.15) is 8.42 Å². The molecule has 0 bridgehead atoms. The zero-order chi connectivity index (χ0) is 20.8. The third kappa shape index (κ3) is 8.40. The van der Waals surface area contributed by atoms with Crippen molar-refractivity contribution in [2.75, 3.05) is 12.9 Å². The van der Waals surface area contributed by atoms with Crippen molar-refractivity contribution in [2.45, 2.75) is 51.7 Å². The molecular formula is C18H27NO7S. The van der Waals surface area contributed by atoms with Crippen LogP contribution in [0.4, 0.5) is 0 Å². The van der Waals surface area contributed by atoms with Crippen molar-refractivity contribution in [1.82, 2.24) is 0 Å². The molecule has 0 aromatic heterocycles. The van der Waals surface area contributed by atoms with Gasteiger partial charge in [-0.05, 0) is 45.4 Å². The molecule has 8 nitrogen and oxygen atoms in total. The average molecular weight is 401 g/mol. The highest BCUT2D eigenvalue weighted by Gasteiger charge is 2.32. The number of esters is 2. The van der Waals surface area contributed by atoms with E-state index in [2.05, 4.69) is 0 Å². The molecule has 27 heavy (non-hydrogen) atoms. The lowest BCUT2D eigenvalue weighted by Gasteiger charge is -2.27. The largest absolute Gasteiger partial charge is 0.466 e. The van der Waals surface area contributed by atoms with Gasteiger partial charge in [0.15, 0.2) is 0 Å². The van der Waals surface area contributed by atoms with E-state index in [0.717, 1.165) is 6.26 Å². The Morgan fingerprint density at radius 2 is 1.70 bits per heavy atom. The van der Waals surface area contributed by atoms with Crippen LogP contribution in [0.25, 0.3) is 0 Å². The Morgan fingerprint density at radius 3 is 2.15 bits per heavy atom. The molecular weight excluding hydrogens is 374 g/mol. The lowest BCUT2D eigenvalue weighted by molar-refractivity contribution is -0.157.